The smallest absolute Gasteiger partial charge is 0.249 e. The Morgan fingerprint density at radius 2 is 2.05 bits per heavy atom. The third kappa shape index (κ3) is 2.70. The standard InChI is InChI=1S/C15H14ClFN2O3/c16-11-7-9(1-2-12(11)17)19-4-3-13(15(19)22)18-14(21)8-5-10(20)6-8/h1-2,7-8,13H,3-6H2,(H,18,21)/t13-/m0/s1. The Balaban J connectivity index is 1.65. The summed E-state index contributed by atoms with van der Waals surface area (Å²) in [6.07, 6.45) is 0.980. The fourth-order valence-electron chi connectivity index (χ4n) is 2.69. The number of rotatable bonds is 3. The largest absolute Gasteiger partial charge is 0.344 e. The molecule has 5 nitrogen and oxygen atoms in total. The first-order chi connectivity index (χ1) is 10.5. The van der Waals surface area contributed by atoms with E-state index in [1.165, 1.54) is 23.1 Å². The Morgan fingerprint density at radius 3 is 2.68 bits per heavy atom. The lowest BCUT2D eigenvalue weighted by atomic mass is 9.83. The Labute approximate surface area is 131 Å². The van der Waals surface area contributed by atoms with E-state index in [4.69, 9.17) is 11.6 Å². The number of anilines is 1. The second-order valence-electron chi connectivity index (χ2n) is 5.58. The Bertz CT molecular complexity index is 656. The van der Waals surface area contributed by atoms with Crippen LogP contribution in [0, 0.1) is 11.7 Å². The van der Waals surface area contributed by atoms with E-state index in [9.17, 15) is 18.8 Å². The number of carbonyl (C=O) groups is 3. The molecule has 0 bridgehead atoms. The predicted molar refractivity (Wildman–Crippen MR) is 78.0 cm³/mol. The summed E-state index contributed by atoms with van der Waals surface area (Å²) in [6, 6.07) is 3.47. The Kier molecular flexibility index (Phi) is 3.87. The second-order valence-corrected chi connectivity index (χ2v) is 5.99. The van der Waals surface area contributed by atoms with Gasteiger partial charge in [-0.1, -0.05) is 11.6 Å². The van der Waals surface area contributed by atoms with Gasteiger partial charge in [-0.15, -0.1) is 0 Å². The van der Waals surface area contributed by atoms with Crippen LogP contribution < -0.4 is 10.2 Å². The number of halogens is 2. The van der Waals surface area contributed by atoms with Crippen LogP contribution in [0.2, 0.25) is 5.02 Å². The zero-order chi connectivity index (χ0) is 15.9. The van der Waals surface area contributed by atoms with Gasteiger partial charge in [-0.2, -0.15) is 0 Å². The lowest BCUT2D eigenvalue weighted by Crippen LogP contribution is -2.47. The molecule has 116 valence electrons. The number of nitrogens with zero attached hydrogens (tertiary/aromatic N) is 1. The van der Waals surface area contributed by atoms with Crippen LogP contribution in [0.1, 0.15) is 19.3 Å². The number of amides is 2. The number of nitrogens with one attached hydrogen (secondary N) is 1. The fourth-order valence-corrected chi connectivity index (χ4v) is 2.86. The van der Waals surface area contributed by atoms with E-state index in [0.29, 0.717) is 18.7 Å². The molecular weight excluding hydrogens is 311 g/mol. The summed E-state index contributed by atoms with van der Waals surface area (Å²) in [7, 11) is 0. The van der Waals surface area contributed by atoms with Crippen molar-refractivity contribution in [3.05, 3.63) is 29.0 Å². The molecule has 1 saturated heterocycles. The van der Waals surface area contributed by atoms with Crippen molar-refractivity contribution in [2.45, 2.75) is 25.3 Å². The molecule has 0 unspecified atom stereocenters. The van der Waals surface area contributed by atoms with Crippen LogP contribution in [-0.2, 0) is 14.4 Å². The first-order valence-electron chi connectivity index (χ1n) is 7.04. The van der Waals surface area contributed by atoms with Gasteiger partial charge in [0.25, 0.3) is 0 Å². The molecule has 1 aromatic carbocycles. The lowest BCUT2D eigenvalue weighted by molar-refractivity contribution is -0.139. The van der Waals surface area contributed by atoms with Gasteiger partial charge in [0.05, 0.1) is 10.9 Å². The molecule has 0 aromatic heterocycles. The van der Waals surface area contributed by atoms with E-state index in [1.54, 1.807) is 0 Å². The van der Waals surface area contributed by atoms with Gasteiger partial charge >= 0.3 is 0 Å². The maximum atomic E-state index is 13.2. The van der Waals surface area contributed by atoms with Gasteiger partial charge in [-0.05, 0) is 24.6 Å². The summed E-state index contributed by atoms with van der Waals surface area (Å²) < 4.78 is 13.2. The van der Waals surface area contributed by atoms with E-state index in [1.807, 2.05) is 0 Å². The van der Waals surface area contributed by atoms with Crippen molar-refractivity contribution in [3.8, 4) is 0 Å². The summed E-state index contributed by atoms with van der Waals surface area (Å²) >= 11 is 5.73. The average Bonchev–Trinajstić information content (AvgIpc) is 2.80. The summed E-state index contributed by atoms with van der Waals surface area (Å²) in [4.78, 5) is 36.6. The molecule has 1 aliphatic heterocycles. The molecular formula is C15H14ClFN2O3. The Hall–Kier alpha value is -1.95. The van der Waals surface area contributed by atoms with E-state index in [0.717, 1.165) is 0 Å². The van der Waals surface area contributed by atoms with E-state index < -0.39 is 11.9 Å². The summed E-state index contributed by atoms with van der Waals surface area (Å²) in [6.45, 7) is 0.426. The van der Waals surface area contributed by atoms with Crippen LogP contribution in [0.5, 0.6) is 0 Å². The van der Waals surface area contributed by atoms with Crippen LogP contribution in [0.4, 0.5) is 10.1 Å². The molecule has 1 aliphatic carbocycles. The summed E-state index contributed by atoms with van der Waals surface area (Å²) in [5.74, 6) is -1.29. The number of Topliss-reactive ketones (excluding diaryl/α,β-unsaturated/α-hetero) is 1. The maximum Gasteiger partial charge on any atom is 0.249 e. The number of hydrogen-bond donors (Lipinski definition) is 1. The summed E-state index contributed by atoms with van der Waals surface area (Å²) in [5.41, 5.74) is 0.506. The molecule has 1 heterocycles. The van der Waals surface area contributed by atoms with Crippen LogP contribution in [0.15, 0.2) is 18.2 Å². The minimum atomic E-state index is -0.605. The predicted octanol–water partition coefficient (Wildman–Crippen LogP) is 1.68. The first-order valence-corrected chi connectivity index (χ1v) is 7.42. The van der Waals surface area contributed by atoms with Crippen LogP contribution >= 0.6 is 11.6 Å². The highest BCUT2D eigenvalue weighted by Crippen LogP contribution is 2.27. The van der Waals surface area contributed by atoms with Crippen molar-refractivity contribution in [1.29, 1.82) is 0 Å². The van der Waals surface area contributed by atoms with Gasteiger partial charge in [0.2, 0.25) is 11.8 Å². The van der Waals surface area contributed by atoms with Gasteiger partial charge < -0.3 is 10.2 Å². The summed E-state index contributed by atoms with van der Waals surface area (Å²) in [5, 5.41) is 2.64. The fraction of sp³-hybridized carbons (Fsp3) is 0.400. The van der Waals surface area contributed by atoms with Crippen LogP contribution in [0.25, 0.3) is 0 Å². The van der Waals surface area contributed by atoms with Crippen molar-refractivity contribution < 1.29 is 18.8 Å². The molecule has 7 heteroatoms. The van der Waals surface area contributed by atoms with Crippen molar-refractivity contribution >= 4 is 34.9 Å². The van der Waals surface area contributed by atoms with Gasteiger partial charge in [-0.25, -0.2) is 4.39 Å². The van der Waals surface area contributed by atoms with Gasteiger partial charge in [0.15, 0.2) is 0 Å². The molecule has 2 fully saturated rings. The van der Waals surface area contributed by atoms with Crippen LogP contribution in [-0.4, -0.2) is 30.2 Å². The van der Waals surface area contributed by atoms with Gasteiger partial charge in [-0.3, -0.25) is 14.4 Å². The third-order valence-corrected chi connectivity index (χ3v) is 4.35. The highest BCUT2D eigenvalue weighted by atomic mass is 35.5. The SMILES string of the molecule is O=C1CC(C(=O)N[C@H]2CCN(c3ccc(F)c(Cl)c3)C2=O)C1. The van der Waals surface area contributed by atoms with Crippen LogP contribution in [0.3, 0.4) is 0 Å². The number of carbonyl (C=O) groups excluding carboxylic acids is 3. The second kappa shape index (κ2) is 5.68. The van der Waals surface area contributed by atoms with Crippen molar-refractivity contribution in [1.82, 2.24) is 5.32 Å². The molecule has 3 rings (SSSR count). The lowest BCUT2D eigenvalue weighted by Gasteiger charge is -2.24. The van der Waals surface area contributed by atoms with Crippen molar-refractivity contribution in [3.63, 3.8) is 0 Å². The number of hydrogen-bond acceptors (Lipinski definition) is 3. The van der Waals surface area contributed by atoms with Gasteiger partial charge in [0, 0.05) is 25.1 Å². The molecule has 1 atom stereocenters. The average molecular weight is 325 g/mol. The van der Waals surface area contributed by atoms with E-state index in [-0.39, 0.29) is 41.4 Å². The zero-order valence-electron chi connectivity index (χ0n) is 11.6. The normalized spacial score (nSPS) is 21.9. The molecule has 2 amide bonds. The quantitative estimate of drug-likeness (QED) is 0.920. The van der Waals surface area contributed by atoms with Gasteiger partial charge in [0.1, 0.15) is 17.6 Å². The molecule has 2 aliphatic rings. The molecule has 22 heavy (non-hydrogen) atoms. The molecule has 1 aromatic rings. The highest BCUT2D eigenvalue weighted by molar-refractivity contribution is 6.31. The third-order valence-electron chi connectivity index (χ3n) is 4.06. The maximum absolute atomic E-state index is 13.2. The zero-order valence-corrected chi connectivity index (χ0v) is 12.4. The van der Waals surface area contributed by atoms with E-state index in [2.05, 4.69) is 5.32 Å². The molecule has 1 saturated carbocycles. The minimum absolute atomic E-state index is 0.0502. The van der Waals surface area contributed by atoms with Crippen molar-refractivity contribution in [2.24, 2.45) is 5.92 Å². The number of benzene rings is 1. The molecule has 1 N–H and O–H groups in total. The van der Waals surface area contributed by atoms with E-state index >= 15 is 0 Å². The minimum Gasteiger partial charge on any atom is -0.344 e. The monoisotopic (exact) mass is 324 g/mol. The first kappa shape index (κ1) is 15.0. The van der Waals surface area contributed by atoms with Crippen molar-refractivity contribution in [2.75, 3.05) is 11.4 Å². The topological polar surface area (TPSA) is 66.5 Å². The Morgan fingerprint density at radius 1 is 1.32 bits per heavy atom. The molecule has 0 spiro atoms. The number of ketones is 1. The highest BCUT2D eigenvalue weighted by Gasteiger charge is 2.38. The molecule has 0 radical (unpaired) electrons.